The van der Waals surface area contributed by atoms with Gasteiger partial charge in [-0.05, 0) is 76.9 Å². The molecule has 0 spiro atoms. The van der Waals surface area contributed by atoms with Gasteiger partial charge in [0.25, 0.3) is 0 Å². The summed E-state index contributed by atoms with van der Waals surface area (Å²) in [6, 6.07) is 12.5. The van der Waals surface area contributed by atoms with Gasteiger partial charge >= 0.3 is 0 Å². The Hall–Kier alpha value is -1.43. The largest absolute Gasteiger partial charge is 0.308 e. The van der Waals surface area contributed by atoms with Crippen molar-refractivity contribution in [3.05, 3.63) is 63.0 Å². The molecular weight excluding hydrogens is 380 g/mol. The fraction of sp³-hybridized carbons (Fsp3) is 0.235. The van der Waals surface area contributed by atoms with Gasteiger partial charge in [-0.1, -0.05) is 12.1 Å². The smallest absolute Gasteiger partial charge is 0.227 e. The van der Waals surface area contributed by atoms with E-state index in [1.807, 2.05) is 17.0 Å². The van der Waals surface area contributed by atoms with Crippen molar-refractivity contribution in [2.75, 3.05) is 4.90 Å². The van der Waals surface area contributed by atoms with Gasteiger partial charge in [0.15, 0.2) is 0 Å². The Balaban J connectivity index is 1.95. The van der Waals surface area contributed by atoms with E-state index >= 15 is 0 Å². The number of benzene rings is 2. The Morgan fingerprint density at radius 1 is 1.10 bits per heavy atom. The molecule has 1 aliphatic rings. The molecule has 0 aliphatic carbocycles. The second-order valence-corrected chi connectivity index (χ2v) is 6.48. The van der Waals surface area contributed by atoms with Crippen molar-refractivity contribution in [1.29, 1.82) is 0 Å². The van der Waals surface area contributed by atoms with Gasteiger partial charge in [-0.2, -0.15) is 0 Å². The van der Waals surface area contributed by atoms with E-state index in [0.717, 1.165) is 24.1 Å². The minimum Gasteiger partial charge on any atom is -0.308 e. The molecule has 2 aromatic rings. The van der Waals surface area contributed by atoms with Crippen molar-refractivity contribution >= 4 is 34.2 Å². The lowest BCUT2D eigenvalue weighted by Crippen LogP contribution is -2.29. The Morgan fingerprint density at radius 2 is 1.86 bits per heavy atom. The predicted octanol–water partition coefficient (Wildman–Crippen LogP) is 4.30. The average Bonchev–Trinajstić information content (AvgIpc) is 2.61. The van der Waals surface area contributed by atoms with Gasteiger partial charge in [-0.15, -0.1) is 0 Å². The van der Waals surface area contributed by atoms with Crippen LogP contribution in [-0.2, 0) is 17.8 Å². The van der Waals surface area contributed by atoms with Crippen LogP contribution in [0.25, 0.3) is 0 Å². The van der Waals surface area contributed by atoms with Crippen LogP contribution in [-0.4, -0.2) is 5.91 Å². The molecule has 0 aromatic heterocycles. The van der Waals surface area contributed by atoms with E-state index in [1.54, 1.807) is 12.1 Å². The number of anilines is 1. The molecule has 0 fully saturated rings. The number of hydrogen-bond donors (Lipinski definition) is 0. The van der Waals surface area contributed by atoms with Crippen LogP contribution < -0.4 is 4.90 Å². The van der Waals surface area contributed by atoms with Gasteiger partial charge in [-0.25, -0.2) is 4.39 Å². The van der Waals surface area contributed by atoms with Gasteiger partial charge in [0.05, 0.1) is 6.54 Å². The van der Waals surface area contributed by atoms with Crippen LogP contribution in [0.2, 0.25) is 0 Å². The van der Waals surface area contributed by atoms with Crippen LogP contribution in [0, 0.1) is 9.39 Å². The van der Waals surface area contributed by atoms with Crippen molar-refractivity contribution in [2.24, 2.45) is 0 Å². The summed E-state index contributed by atoms with van der Waals surface area (Å²) in [6.45, 7) is 0.493. The van der Waals surface area contributed by atoms with Crippen LogP contribution in [0.5, 0.6) is 0 Å². The van der Waals surface area contributed by atoms with Crippen molar-refractivity contribution in [1.82, 2.24) is 0 Å². The lowest BCUT2D eigenvalue weighted by Gasteiger charge is -2.23. The molecule has 0 bridgehead atoms. The summed E-state index contributed by atoms with van der Waals surface area (Å²) in [7, 11) is 0. The van der Waals surface area contributed by atoms with Crippen LogP contribution in [0.1, 0.15) is 24.0 Å². The molecule has 1 amide bonds. The quantitative estimate of drug-likeness (QED) is 0.695. The number of rotatable bonds is 2. The molecule has 0 radical (unpaired) electrons. The molecule has 4 heteroatoms. The standard InChI is InChI=1S/C17H15FINO/c18-14-6-4-12(5-7-14)11-20-16-9-8-15(19)10-13(16)2-1-3-17(20)21/h4-10H,1-3,11H2. The first-order valence-corrected chi connectivity index (χ1v) is 8.04. The zero-order chi connectivity index (χ0) is 14.8. The molecule has 0 atom stereocenters. The fourth-order valence-corrected chi connectivity index (χ4v) is 3.22. The van der Waals surface area contributed by atoms with Gasteiger partial charge < -0.3 is 4.90 Å². The van der Waals surface area contributed by atoms with Crippen LogP contribution >= 0.6 is 22.6 Å². The summed E-state index contributed by atoms with van der Waals surface area (Å²) in [5.41, 5.74) is 3.15. The Bertz CT molecular complexity index is 669. The molecule has 0 N–H and O–H groups in total. The zero-order valence-electron chi connectivity index (χ0n) is 11.5. The summed E-state index contributed by atoms with van der Waals surface area (Å²) in [5, 5.41) is 0. The molecule has 1 aliphatic heterocycles. The molecular formula is C17H15FINO. The number of nitrogens with zero attached hydrogens (tertiary/aromatic N) is 1. The lowest BCUT2D eigenvalue weighted by molar-refractivity contribution is -0.118. The molecule has 0 saturated heterocycles. The molecule has 108 valence electrons. The molecule has 1 heterocycles. The van der Waals surface area contributed by atoms with E-state index in [0.29, 0.717) is 13.0 Å². The average molecular weight is 395 g/mol. The van der Waals surface area contributed by atoms with Crippen LogP contribution in [0.15, 0.2) is 42.5 Å². The highest BCUT2D eigenvalue weighted by atomic mass is 127. The fourth-order valence-electron chi connectivity index (χ4n) is 2.66. The minimum absolute atomic E-state index is 0.138. The highest BCUT2D eigenvalue weighted by Gasteiger charge is 2.22. The van der Waals surface area contributed by atoms with E-state index in [4.69, 9.17) is 0 Å². The number of halogens is 2. The molecule has 2 nitrogen and oxygen atoms in total. The van der Waals surface area contributed by atoms with Crippen molar-refractivity contribution < 1.29 is 9.18 Å². The third-order valence-corrected chi connectivity index (χ3v) is 4.40. The van der Waals surface area contributed by atoms with Crippen LogP contribution in [0.3, 0.4) is 0 Å². The maximum atomic E-state index is 13.0. The molecule has 0 unspecified atom stereocenters. The van der Waals surface area contributed by atoms with Crippen molar-refractivity contribution in [2.45, 2.75) is 25.8 Å². The van der Waals surface area contributed by atoms with Gasteiger partial charge in [0.1, 0.15) is 5.82 Å². The summed E-state index contributed by atoms with van der Waals surface area (Å²) in [4.78, 5) is 14.2. The SMILES string of the molecule is O=C1CCCc2cc(I)ccc2N1Cc1ccc(F)cc1. The van der Waals surface area contributed by atoms with Gasteiger partial charge in [-0.3, -0.25) is 4.79 Å². The number of fused-ring (bicyclic) bond motifs is 1. The lowest BCUT2D eigenvalue weighted by atomic mass is 10.1. The van der Waals surface area contributed by atoms with Gasteiger partial charge in [0, 0.05) is 15.7 Å². The summed E-state index contributed by atoms with van der Waals surface area (Å²) in [5.74, 6) is -0.116. The Kier molecular flexibility index (Phi) is 4.24. The zero-order valence-corrected chi connectivity index (χ0v) is 13.6. The first-order valence-electron chi connectivity index (χ1n) is 6.97. The van der Waals surface area contributed by atoms with E-state index in [9.17, 15) is 9.18 Å². The Morgan fingerprint density at radius 3 is 2.62 bits per heavy atom. The summed E-state index contributed by atoms with van der Waals surface area (Å²) in [6.07, 6.45) is 2.37. The van der Waals surface area contributed by atoms with Crippen LogP contribution in [0.4, 0.5) is 10.1 Å². The van der Waals surface area contributed by atoms with E-state index in [2.05, 4.69) is 28.7 Å². The van der Waals surface area contributed by atoms with E-state index in [-0.39, 0.29) is 11.7 Å². The molecule has 21 heavy (non-hydrogen) atoms. The monoisotopic (exact) mass is 395 g/mol. The first-order chi connectivity index (χ1) is 10.1. The van der Waals surface area contributed by atoms with Crippen molar-refractivity contribution in [3.8, 4) is 0 Å². The van der Waals surface area contributed by atoms with Crippen molar-refractivity contribution in [3.63, 3.8) is 0 Å². The summed E-state index contributed by atoms with van der Waals surface area (Å²) < 4.78 is 14.2. The maximum Gasteiger partial charge on any atom is 0.227 e. The second-order valence-electron chi connectivity index (χ2n) is 5.23. The second kappa shape index (κ2) is 6.13. The third kappa shape index (κ3) is 3.26. The molecule has 2 aromatic carbocycles. The predicted molar refractivity (Wildman–Crippen MR) is 89.7 cm³/mol. The van der Waals surface area contributed by atoms with Gasteiger partial charge in [0.2, 0.25) is 5.91 Å². The number of hydrogen-bond acceptors (Lipinski definition) is 1. The minimum atomic E-state index is -0.254. The summed E-state index contributed by atoms with van der Waals surface area (Å²) >= 11 is 2.29. The topological polar surface area (TPSA) is 20.3 Å². The number of aryl methyl sites for hydroxylation is 1. The first kappa shape index (κ1) is 14.5. The van der Waals surface area contributed by atoms with E-state index < -0.39 is 0 Å². The van der Waals surface area contributed by atoms with E-state index in [1.165, 1.54) is 21.3 Å². The highest BCUT2D eigenvalue weighted by Crippen LogP contribution is 2.29. The maximum absolute atomic E-state index is 13.0. The number of amides is 1. The third-order valence-electron chi connectivity index (χ3n) is 3.72. The molecule has 0 saturated carbocycles. The Labute approximate surface area is 137 Å². The normalized spacial score (nSPS) is 14.8. The number of carbonyl (C=O) groups is 1. The number of carbonyl (C=O) groups excluding carboxylic acids is 1. The molecule has 3 rings (SSSR count). The highest BCUT2D eigenvalue weighted by molar-refractivity contribution is 14.1.